The molecule has 1 rings (SSSR count). The van der Waals surface area contributed by atoms with E-state index in [0.29, 0.717) is 6.04 Å². The predicted molar refractivity (Wildman–Crippen MR) is 52.3 cm³/mol. The molecule has 0 aliphatic rings. The van der Waals surface area contributed by atoms with Crippen molar-refractivity contribution < 1.29 is 0 Å². The average molecular weight is 164 g/mol. The van der Waals surface area contributed by atoms with Crippen molar-refractivity contribution in [1.82, 2.24) is 4.98 Å². The van der Waals surface area contributed by atoms with Crippen molar-refractivity contribution in [2.75, 3.05) is 5.32 Å². The lowest BCUT2D eigenvalue weighted by atomic mass is 10.2. The molecule has 0 spiro atoms. The van der Waals surface area contributed by atoms with Crippen LogP contribution in [0.5, 0.6) is 0 Å². The zero-order valence-corrected chi connectivity index (χ0v) is 7.96. The Labute approximate surface area is 74.0 Å². The molecule has 12 heavy (non-hydrogen) atoms. The van der Waals surface area contributed by atoms with Gasteiger partial charge in [0.05, 0.1) is 11.4 Å². The van der Waals surface area contributed by atoms with E-state index in [1.165, 1.54) is 0 Å². The number of hydrogen-bond acceptors (Lipinski definition) is 2. The maximum absolute atomic E-state index is 4.20. The monoisotopic (exact) mass is 164 g/mol. The lowest BCUT2D eigenvalue weighted by Gasteiger charge is -2.13. The fraction of sp³-hybridized carbons (Fsp3) is 0.500. The van der Waals surface area contributed by atoms with Crippen LogP contribution in [-0.4, -0.2) is 11.0 Å². The molecule has 1 heterocycles. The van der Waals surface area contributed by atoms with E-state index >= 15 is 0 Å². The van der Waals surface area contributed by atoms with Crippen LogP contribution in [0, 0.1) is 6.92 Å². The number of pyridine rings is 1. The van der Waals surface area contributed by atoms with E-state index in [1.54, 1.807) is 0 Å². The van der Waals surface area contributed by atoms with Gasteiger partial charge in [-0.25, -0.2) is 0 Å². The van der Waals surface area contributed by atoms with Crippen molar-refractivity contribution in [2.45, 2.75) is 33.2 Å². The fourth-order valence-corrected chi connectivity index (χ4v) is 1.00. The molecule has 0 aliphatic carbocycles. The highest BCUT2D eigenvalue weighted by Crippen LogP contribution is 2.12. The van der Waals surface area contributed by atoms with Gasteiger partial charge in [-0.05, 0) is 32.4 Å². The topological polar surface area (TPSA) is 24.9 Å². The lowest BCUT2D eigenvalue weighted by molar-refractivity contribution is 0.762. The molecule has 0 radical (unpaired) electrons. The van der Waals surface area contributed by atoms with Crippen molar-refractivity contribution in [3.05, 3.63) is 24.0 Å². The first-order valence-corrected chi connectivity index (χ1v) is 4.42. The molecule has 1 aromatic heterocycles. The van der Waals surface area contributed by atoms with Crippen LogP contribution in [0.1, 0.15) is 26.0 Å². The highest BCUT2D eigenvalue weighted by Gasteiger charge is 2.00. The summed E-state index contributed by atoms with van der Waals surface area (Å²) in [5, 5.41) is 3.40. The van der Waals surface area contributed by atoms with Crippen LogP contribution in [0.15, 0.2) is 18.3 Å². The number of aromatic nitrogens is 1. The zero-order chi connectivity index (χ0) is 8.97. The standard InChI is InChI=1S/C10H16N2/c1-4-8(2)12-10-6-5-7-11-9(10)3/h5-8,12H,4H2,1-3H3. The SMILES string of the molecule is CCC(C)Nc1cccnc1C. The van der Waals surface area contributed by atoms with Crippen molar-refractivity contribution in [1.29, 1.82) is 0 Å². The Hall–Kier alpha value is -1.05. The molecule has 0 fully saturated rings. The Kier molecular flexibility index (Phi) is 3.09. The third-order valence-corrected chi connectivity index (χ3v) is 2.02. The first kappa shape index (κ1) is 9.04. The van der Waals surface area contributed by atoms with Gasteiger partial charge in [0, 0.05) is 12.2 Å². The van der Waals surface area contributed by atoms with Crippen molar-refractivity contribution in [3.63, 3.8) is 0 Å². The molecular weight excluding hydrogens is 148 g/mol. The van der Waals surface area contributed by atoms with Crippen LogP contribution in [0.25, 0.3) is 0 Å². The van der Waals surface area contributed by atoms with Crippen LogP contribution < -0.4 is 5.32 Å². The van der Waals surface area contributed by atoms with E-state index in [1.807, 2.05) is 19.2 Å². The predicted octanol–water partition coefficient (Wildman–Crippen LogP) is 2.60. The molecule has 2 nitrogen and oxygen atoms in total. The number of rotatable bonds is 3. The summed E-state index contributed by atoms with van der Waals surface area (Å²) in [6.07, 6.45) is 2.95. The van der Waals surface area contributed by atoms with E-state index < -0.39 is 0 Å². The first-order chi connectivity index (χ1) is 5.74. The summed E-state index contributed by atoms with van der Waals surface area (Å²) in [4.78, 5) is 4.20. The molecule has 2 heteroatoms. The zero-order valence-electron chi connectivity index (χ0n) is 7.96. The largest absolute Gasteiger partial charge is 0.381 e. The Morgan fingerprint density at radius 3 is 2.92 bits per heavy atom. The summed E-state index contributed by atoms with van der Waals surface area (Å²) < 4.78 is 0. The van der Waals surface area contributed by atoms with Gasteiger partial charge in [-0.3, -0.25) is 4.98 Å². The van der Waals surface area contributed by atoms with Gasteiger partial charge in [0.15, 0.2) is 0 Å². The van der Waals surface area contributed by atoms with Crippen LogP contribution in [-0.2, 0) is 0 Å². The summed E-state index contributed by atoms with van der Waals surface area (Å²) in [7, 11) is 0. The quantitative estimate of drug-likeness (QED) is 0.742. The minimum atomic E-state index is 0.521. The second-order valence-corrected chi connectivity index (χ2v) is 3.09. The van der Waals surface area contributed by atoms with Gasteiger partial charge in [-0.2, -0.15) is 0 Å². The molecule has 0 saturated heterocycles. The maximum Gasteiger partial charge on any atom is 0.0603 e. The number of aryl methyl sites for hydroxylation is 1. The first-order valence-electron chi connectivity index (χ1n) is 4.42. The molecule has 0 saturated carbocycles. The summed E-state index contributed by atoms with van der Waals surface area (Å²) in [5.41, 5.74) is 2.21. The second-order valence-electron chi connectivity index (χ2n) is 3.09. The molecule has 66 valence electrons. The number of nitrogens with one attached hydrogen (secondary N) is 1. The summed E-state index contributed by atoms with van der Waals surface area (Å²) in [6.45, 7) is 6.36. The molecule has 1 aromatic rings. The number of nitrogens with zero attached hydrogens (tertiary/aromatic N) is 1. The molecular formula is C10H16N2. The van der Waals surface area contributed by atoms with Crippen molar-refractivity contribution in [2.24, 2.45) is 0 Å². The molecule has 1 unspecified atom stereocenters. The van der Waals surface area contributed by atoms with Crippen molar-refractivity contribution >= 4 is 5.69 Å². The van der Waals surface area contributed by atoms with E-state index in [2.05, 4.69) is 30.2 Å². The third kappa shape index (κ3) is 2.22. The Morgan fingerprint density at radius 2 is 2.33 bits per heavy atom. The minimum Gasteiger partial charge on any atom is -0.381 e. The van der Waals surface area contributed by atoms with Crippen molar-refractivity contribution in [3.8, 4) is 0 Å². The fourth-order valence-electron chi connectivity index (χ4n) is 1.00. The highest BCUT2D eigenvalue weighted by atomic mass is 14.9. The van der Waals surface area contributed by atoms with Crippen LogP contribution >= 0.6 is 0 Å². The average Bonchev–Trinajstić information content (AvgIpc) is 2.09. The molecule has 0 aromatic carbocycles. The third-order valence-electron chi connectivity index (χ3n) is 2.02. The van der Waals surface area contributed by atoms with Crippen LogP contribution in [0.2, 0.25) is 0 Å². The normalized spacial score (nSPS) is 12.6. The highest BCUT2D eigenvalue weighted by molar-refractivity contribution is 5.47. The van der Waals surface area contributed by atoms with Gasteiger partial charge in [0.1, 0.15) is 0 Å². The van der Waals surface area contributed by atoms with E-state index in [0.717, 1.165) is 17.8 Å². The maximum atomic E-state index is 4.20. The molecule has 1 atom stereocenters. The summed E-state index contributed by atoms with van der Waals surface area (Å²) in [5.74, 6) is 0. The van der Waals surface area contributed by atoms with Crippen LogP contribution in [0.3, 0.4) is 0 Å². The number of hydrogen-bond donors (Lipinski definition) is 1. The second kappa shape index (κ2) is 4.10. The number of anilines is 1. The molecule has 0 bridgehead atoms. The molecule has 0 aliphatic heterocycles. The van der Waals surface area contributed by atoms with E-state index in [9.17, 15) is 0 Å². The summed E-state index contributed by atoms with van der Waals surface area (Å²) >= 11 is 0. The minimum absolute atomic E-state index is 0.521. The van der Waals surface area contributed by atoms with E-state index in [-0.39, 0.29) is 0 Å². The van der Waals surface area contributed by atoms with Crippen LogP contribution in [0.4, 0.5) is 5.69 Å². The van der Waals surface area contributed by atoms with Gasteiger partial charge in [0.25, 0.3) is 0 Å². The molecule has 0 amide bonds. The lowest BCUT2D eigenvalue weighted by Crippen LogP contribution is -2.14. The molecule has 1 N–H and O–H groups in total. The van der Waals surface area contributed by atoms with Gasteiger partial charge in [-0.1, -0.05) is 6.92 Å². The Balaban J connectivity index is 2.69. The summed E-state index contributed by atoms with van der Waals surface area (Å²) in [6, 6.07) is 4.54. The Bertz CT molecular complexity index is 245. The van der Waals surface area contributed by atoms with E-state index in [4.69, 9.17) is 0 Å². The van der Waals surface area contributed by atoms with Gasteiger partial charge >= 0.3 is 0 Å². The van der Waals surface area contributed by atoms with Gasteiger partial charge in [-0.15, -0.1) is 0 Å². The van der Waals surface area contributed by atoms with Gasteiger partial charge < -0.3 is 5.32 Å². The Morgan fingerprint density at radius 1 is 1.58 bits per heavy atom. The van der Waals surface area contributed by atoms with Gasteiger partial charge in [0.2, 0.25) is 0 Å². The smallest absolute Gasteiger partial charge is 0.0603 e.